The monoisotopic (exact) mass is 380 g/mol. The van der Waals surface area contributed by atoms with Crippen molar-refractivity contribution >= 4 is 11.5 Å². The summed E-state index contributed by atoms with van der Waals surface area (Å²) in [7, 11) is 0. The molecule has 2 N–H and O–H groups in total. The van der Waals surface area contributed by atoms with E-state index in [4.69, 9.17) is 0 Å². The molecule has 27 heavy (non-hydrogen) atoms. The average Bonchev–Trinajstić information content (AvgIpc) is 3.07. The van der Waals surface area contributed by atoms with Gasteiger partial charge in [0.25, 0.3) is 12.3 Å². The number of fused-ring (bicyclic) bond motifs is 1. The first kappa shape index (κ1) is 17.7. The van der Waals surface area contributed by atoms with Crippen molar-refractivity contribution in [3.05, 3.63) is 42.5 Å². The molecule has 6 nitrogen and oxygen atoms in total. The summed E-state index contributed by atoms with van der Waals surface area (Å²) in [4.78, 5) is 12.2. The van der Waals surface area contributed by atoms with E-state index in [1.54, 1.807) is 18.2 Å². The molecule has 0 aromatic carbocycles. The fourth-order valence-electron chi connectivity index (χ4n) is 3.02. The molecule has 4 rings (SSSR count). The van der Waals surface area contributed by atoms with Gasteiger partial charge in [0.15, 0.2) is 5.65 Å². The molecule has 1 aliphatic rings. The minimum Gasteiger partial charge on any atom is -0.360 e. The van der Waals surface area contributed by atoms with Gasteiger partial charge < -0.3 is 10.6 Å². The van der Waals surface area contributed by atoms with Crippen LogP contribution in [0.2, 0.25) is 0 Å². The third-order valence-electron chi connectivity index (χ3n) is 4.47. The van der Waals surface area contributed by atoms with Gasteiger partial charge >= 0.3 is 0 Å². The molecule has 142 valence electrons. The van der Waals surface area contributed by atoms with E-state index in [1.165, 1.54) is 23.0 Å². The van der Waals surface area contributed by atoms with E-state index in [0.29, 0.717) is 17.0 Å². The second-order valence-electron chi connectivity index (χ2n) is 6.30. The van der Waals surface area contributed by atoms with Crippen LogP contribution < -0.4 is 10.6 Å². The molecule has 0 saturated carbocycles. The first-order chi connectivity index (χ1) is 12.9. The van der Waals surface area contributed by atoms with Gasteiger partial charge in [-0.05, 0) is 12.1 Å². The number of imidazole rings is 1. The smallest absolute Gasteiger partial charge is 0.281 e. The molecule has 0 radical (unpaired) electrons. The highest BCUT2D eigenvalue weighted by molar-refractivity contribution is 5.61. The van der Waals surface area contributed by atoms with E-state index in [1.807, 2.05) is 0 Å². The highest BCUT2D eigenvalue weighted by Crippen LogP contribution is 2.28. The molecule has 0 unspecified atom stereocenters. The standard InChI is InChI=1S/C17H16F4N6/c18-16(19)11-9-27-12(6-24-15(27)8-23-11)10-2-1-3-14(25-10)26-13-7-22-5-4-17(13,20)21/h1-3,6,8-9,13,16,22H,4-5,7H2,(H,25,26)/t13-/m0/s1. The van der Waals surface area contributed by atoms with Gasteiger partial charge in [0.2, 0.25) is 0 Å². The molecule has 4 heterocycles. The first-order valence-electron chi connectivity index (χ1n) is 8.38. The summed E-state index contributed by atoms with van der Waals surface area (Å²) in [5, 5.41) is 5.70. The summed E-state index contributed by atoms with van der Waals surface area (Å²) in [6, 6.07) is 3.83. The van der Waals surface area contributed by atoms with Gasteiger partial charge in [-0.1, -0.05) is 6.07 Å². The molecule has 1 atom stereocenters. The number of hydrogen-bond acceptors (Lipinski definition) is 5. The van der Waals surface area contributed by atoms with Crippen LogP contribution in [0.3, 0.4) is 0 Å². The number of pyridine rings is 1. The van der Waals surface area contributed by atoms with E-state index >= 15 is 0 Å². The zero-order valence-corrected chi connectivity index (χ0v) is 14.0. The number of nitrogens with zero attached hydrogens (tertiary/aromatic N) is 4. The molecule has 1 saturated heterocycles. The predicted molar refractivity (Wildman–Crippen MR) is 91.0 cm³/mol. The summed E-state index contributed by atoms with van der Waals surface area (Å²) < 4.78 is 55.4. The molecule has 0 spiro atoms. The lowest BCUT2D eigenvalue weighted by Gasteiger charge is -2.32. The normalized spacial score (nSPS) is 19.5. The second-order valence-corrected chi connectivity index (χ2v) is 6.30. The minimum atomic E-state index is -2.84. The Hall–Kier alpha value is -2.75. The first-order valence-corrected chi connectivity index (χ1v) is 8.38. The predicted octanol–water partition coefficient (Wildman–Crippen LogP) is 3.14. The Balaban J connectivity index is 1.66. The third-order valence-corrected chi connectivity index (χ3v) is 4.47. The second kappa shape index (κ2) is 6.76. The van der Waals surface area contributed by atoms with Crippen molar-refractivity contribution in [3.63, 3.8) is 0 Å². The van der Waals surface area contributed by atoms with Crippen molar-refractivity contribution in [2.75, 3.05) is 18.4 Å². The summed E-state index contributed by atoms with van der Waals surface area (Å²) >= 11 is 0. The zero-order chi connectivity index (χ0) is 19.0. The van der Waals surface area contributed by atoms with Crippen LogP contribution in [-0.4, -0.2) is 44.4 Å². The van der Waals surface area contributed by atoms with Gasteiger partial charge in [0.1, 0.15) is 17.6 Å². The van der Waals surface area contributed by atoms with E-state index in [2.05, 4.69) is 25.6 Å². The number of alkyl halides is 4. The van der Waals surface area contributed by atoms with Gasteiger partial charge in [-0.15, -0.1) is 0 Å². The molecule has 3 aromatic rings. The van der Waals surface area contributed by atoms with Crippen molar-refractivity contribution in [3.8, 4) is 11.4 Å². The molecule has 10 heteroatoms. The lowest BCUT2D eigenvalue weighted by atomic mass is 10.0. The van der Waals surface area contributed by atoms with Gasteiger partial charge in [-0.3, -0.25) is 4.40 Å². The molecular formula is C17H16F4N6. The van der Waals surface area contributed by atoms with Crippen LogP contribution in [0.4, 0.5) is 23.4 Å². The van der Waals surface area contributed by atoms with Crippen molar-refractivity contribution in [1.82, 2.24) is 24.7 Å². The van der Waals surface area contributed by atoms with E-state index in [0.717, 1.165) is 0 Å². The maximum atomic E-state index is 14.0. The number of rotatable bonds is 4. The number of anilines is 1. The molecule has 0 amide bonds. The van der Waals surface area contributed by atoms with E-state index in [-0.39, 0.29) is 31.0 Å². The Kier molecular flexibility index (Phi) is 4.42. The largest absolute Gasteiger partial charge is 0.360 e. The van der Waals surface area contributed by atoms with Gasteiger partial charge in [0, 0.05) is 25.7 Å². The van der Waals surface area contributed by atoms with Crippen LogP contribution in [0.5, 0.6) is 0 Å². The Labute approximate surface area is 151 Å². The van der Waals surface area contributed by atoms with Crippen molar-refractivity contribution in [2.45, 2.75) is 24.8 Å². The lowest BCUT2D eigenvalue weighted by Crippen LogP contribution is -2.52. The highest BCUT2D eigenvalue weighted by atomic mass is 19.3. The van der Waals surface area contributed by atoms with Gasteiger partial charge in [0.05, 0.1) is 23.8 Å². The van der Waals surface area contributed by atoms with Crippen molar-refractivity contribution < 1.29 is 17.6 Å². The van der Waals surface area contributed by atoms with Gasteiger partial charge in [-0.2, -0.15) is 0 Å². The highest BCUT2D eigenvalue weighted by Gasteiger charge is 2.41. The van der Waals surface area contributed by atoms with Crippen LogP contribution in [0.25, 0.3) is 17.0 Å². The molecule has 1 aliphatic heterocycles. The van der Waals surface area contributed by atoms with E-state index in [9.17, 15) is 17.6 Å². The van der Waals surface area contributed by atoms with Crippen LogP contribution in [0, 0.1) is 0 Å². The molecule has 1 fully saturated rings. The van der Waals surface area contributed by atoms with Crippen LogP contribution in [0.1, 0.15) is 18.5 Å². The Bertz CT molecular complexity index is 958. The van der Waals surface area contributed by atoms with Crippen LogP contribution >= 0.6 is 0 Å². The number of hydrogen-bond donors (Lipinski definition) is 2. The number of nitrogens with one attached hydrogen (secondary N) is 2. The maximum Gasteiger partial charge on any atom is 0.281 e. The summed E-state index contributed by atoms with van der Waals surface area (Å²) in [5.41, 5.74) is 0.888. The third kappa shape index (κ3) is 3.44. The van der Waals surface area contributed by atoms with E-state index < -0.39 is 18.4 Å². The average molecular weight is 380 g/mol. The fraction of sp³-hybridized carbons (Fsp3) is 0.353. The lowest BCUT2D eigenvalue weighted by molar-refractivity contribution is -0.0384. The Morgan fingerprint density at radius 1 is 1.22 bits per heavy atom. The fourth-order valence-corrected chi connectivity index (χ4v) is 3.02. The summed E-state index contributed by atoms with van der Waals surface area (Å²) in [6.45, 7) is 0.388. The van der Waals surface area contributed by atoms with Gasteiger partial charge in [-0.25, -0.2) is 32.5 Å². The molecule has 0 bridgehead atoms. The maximum absolute atomic E-state index is 14.0. The summed E-state index contributed by atoms with van der Waals surface area (Å²) in [6.07, 6.45) is 0.965. The number of halogens is 4. The van der Waals surface area contributed by atoms with Crippen LogP contribution in [0.15, 0.2) is 36.8 Å². The zero-order valence-electron chi connectivity index (χ0n) is 14.0. The molecule has 0 aliphatic carbocycles. The number of aromatic nitrogens is 4. The van der Waals surface area contributed by atoms with Crippen molar-refractivity contribution in [1.29, 1.82) is 0 Å². The molecular weight excluding hydrogens is 364 g/mol. The quantitative estimate of drug-likeness (QED) is 0.681. The minimum absolute atomic E-state index is 0.123. The Morgan fingerprint density at radius 2 is 2.07 bits per heavy atom. The Morgan fingerprint density at radius 3 is 2.85 bits per heavy atom. The molecule has 3 aromatic heterocycles. The summed E-state index contributed by atoms with van der Waals surface area (Å²) in [5.74, 6) is -2.57. The van der Waals surface area contributed by atoms with Crippen LogP contribution in [-0.2, 0) is 0 Å². The number of piperidine rings is 1. The van der Waals surface area contributed by atoms with Crippen molar-refractivity contribution in [2.24, 2.45) is 0 Å². The SMILES string of the molecule is FC(F)c1cn2c(-c3cccc(N[C@H]4CNCCC4(F)F)n3)cnc2cn1. The topological polar surface area (TPSA) is 67.1 Å².